The van der Waals surface area contributed by atoms with E-state index in [0.717, 1.165) is 0 Å². The number of halogens is 2. The van der Waals surface area contributed by atoms with Gasteiger partial charge in [-0.2, -0.15) is 0 Å². The molecule has 0 unspecified atom stereocenters. The number of nitrogens with two attached hydrogens (primary N) is 1. The first-order chi connectivity index (χ1) is 9.97. The van der Waals surface area contributed by atoms with E-state index in [9.17, 15) is 9.18 Å². The summed E-state index contributed by atoms with van der Waals surface area (Å²) in [5.41, 5.74) is 7.08. The summed E-state index contributed by atoms with van der Waals surface area (Å²) in [5, 5.41) is 0. The van der Waals surface area contributed by atoms with Crippen molar-refractivity contribution in [3.63, 3.8) is 0 Å². The topological polar surface area (TPSA) is 64.2 Å². The van der Waals surface area contributed by atoms with Crippen molar-refractivity contribution in [1.82, 2.24) is 14.5 Å². The number of anilines is 1. The van der Waals surface area contributed by atoms with Gasteiger partial charge in [-0.1, -0.05) is 0 Å². The lowest BCUT2D eigenvalue weighted by atomic mass is 10.3. The number of fused-ring (bicyclic) bond motifs is 1. The molecule has 0 bridgehead atoms. The number of imidazole rings is 1. The number of carbonyl (C=O) groups is 1. The van der Waals surface area contributed by atoms with Crippen molar-refractivity contribution >= 4 is 38.8 Å². The van der Waals surface area contributed by atoms with Crippen molar-refractivity contribution in [2.45, 2.75) is 26.8 Å². The maximum Gasteiger partial charge on any atom is 0.224 e. The molecular formula is C14H18BrFN4O. The van der Waals surface area contributed by atoms with Gasteiger partial charge in [-0.25, -0.2) is 9.37 Å². The Labute approximate surface area is 131 Å². The minimum absolute atomic E-state index is 0.0717. The average molecular weight is 357 g/mol. The summed E-state index contributed by atoms with van der Waals surface area (Å²) in [6, 6.07) is 2.97. The van der Waals surface area contributed by atoms with E-state index in [4.69, 9.17) is 5.73 Å². The van der Waals surface area contributed by atoms with Crippen LogP contribution in [0.5, 0.6) is 0 Å². The zero-order valence-corrected chi connectivity index (χ0v) is 13.7. The van der Waals surface area contributed by atoms with Crippen molar-refractivity contribution in [3.05, 3.63) is 22.4 Å². The van der Waals surface area contributed by atoms with Gasteiger partial charge in [0, 0.05) is 32.1 Å². The molecule has 21 heavy (non-hydrogen) atoms. The first-order valence-electron chi connectivity index (χ1n) is 6.86. The third-order valence-electron chi connectivity index (χ3n) is 3.49. The molecule has 0 spiro atoms. The van der Waals surface area contributed by atoms with E-state index in [1.54, 1.807) is 15.5 Å². The summed E-state index contributed by atoms with van der Waals surface area (Å²) in [5.74, 6) is -0.0244. The minimum atomic E-state index is -0.383. The highest BCUT2D eigenvalue weighted by atomic mass is 79.9. The Balaban J connectivity index is 2.24. The fourth-order valence-corrected chi connectivity index (χ4v) is 2.65. The van der Waals surface area contributed by atoms with Crippen LogP contribution in [0, 0.1) is 5.82 Å². The van der Waals surface area contributed by atoms with Gasteiger partial charge in [0.05, 0.1) is 15.5 Å². The molecule has 7 heteroatoms. The summed E-state index contributed by atoms with van der Waals surface area (Å²) in [4.78, 5) is 18.0. The Bertz CT molecular complexity index is 667. The van der Waals surface area contributed by atoms with Crippen molar-refractivity contribution < 1.29 is 9.18 Å². The summed E-state index contributed by atoms with van der Waals surface area (Å²) < 4.78 is 15.6. The molecule has 114 valence electrons. The summed E-state index contributed by atoms with van der Waals surface area (Å²) >= 11 is 3.15. The molecule has 1 aromatic heterocycles. The molecule has 2 aromatic rings. The highest BCUT2D eigenvalue weighted by Gasteiger charge is 2.14. The molecule has 0 saturated carbocycles. The molecule has 5 nitrogen and oxygen atoms in total. The largest absolute Gasteiger partial charge is 0.369 e. The van der Waals surface area contributed by atoms with E-state index in [2.05, 4.69) is 20.9 Å². The minimum Gasteiger partial charge on any atom is -0.369 e. The molecule has 2 N–H and O–H groups in total. The van der Waals surface area contributed by atoms with Crippen molar-refractivity contribution in [1.29, 1.82) is 0 Å². The highest BCUT2D eigenvalue weighted by molar-refractivity contribution is 9.10. The second-order valence-corrected chi connectivity index (χ2v) is 5.55. The van der Waals surface area contributed by atoms with E-state index in [1.165, 1.54) is 6.07 Å². The Hall–Kier alpha value is -1.63. The van der Waals surface area contributed by atoms with Gasteiger partial charge in [0.1, 0.15) is 5.82 Å². The molecule has 0 radical (unpaired) electrons. The lowest BCUT2D eigenvalue weighted by molar-refractivity contribution is -0.131. The molecule has 1 heterocycles. The third kappa shape index (κ3) is 3.18. The normalized spacial score (nSPS) is 11.0. The van der Waals surface area contributed by atoms with Crippen LogP contribution >= 0.6 is 15.9 Å². The van der Waals surface area contributed by atoms with Gasteiger partial charge < -0.3 is 15.2 Å². The first-order valence-corrected chi connectivity index (χ1v) is 7.65. The molecule has 0 fully saturated rings. The number of nitrogens with zero attached hydrogens (tertiary/aromatic N) is 3. The number of hydrogen-bond acceptors (Lipinski definition) is 3. The maximum absolute atomic E-state index is 13.5. The predicted molar refractivity (Wildman–Crippen MR) is 84.3 cm³/mol. The summed E-state index contributed by atoms with van der Waals surface area (Å²) in [6.07, 6.45) is 0.340. The highest BCUT2D eigenvalue weighted by Crippen LogP contribution is 2.25. The fourth-order valence-electron chi connectivity index (χ4n) is 2.32. The van der Waals surface area contributed by atoms with Crippen LogP contribution in [0.25, 0.3) is 11.0 Å². The molecular weight excluding hydrogens is 339 g/mol. The van der Waals surface area contributed by atoms with Gasteiger partial charge in [0.25, 0.3) is 0 Å². The molecule has 0 aliphatic carbocycles. The van der Waals surface area contributed by atoms with Crippen LogP contribution in [0.15, 0.2) is 16.6 Å². The van der Waals surface area contributed by atoms with Crippen LogP contribution in [-0.4, -0.2) is 33.4 Å². The first kappa shape index (κ1) is 15.8. The molecule has 0 aliphatic heterocycles. The van der Waals surface area contributed by atoms with Crippen LogP contribution in [0.1, 0.15) is 20.3 Å². The van der Waals surface area contributed by atoms with Crippen LogP contribution in [0.3, 0.4) is 0 Å². The van der Waals surface area contributed by atoms with Gasteiger partial charge in [0.2, 0.25) is 11.9 Å². The SMILES string of the molecule is CCN(CC)C(=O)CCn1c(N)nc2cc(F)c(Br)cc21. The number of aromatic nitrogens is 2. The Morgan fingerprint density at radius 1 is 1.43 bits per heavy atom. The van der Waals surface area contributed by atoms with Gasteiger partial charge in [0.15, 0.2) is 0 Å². The number of benzene rings is 1. The Morgan fingerprint density at radius 3 is 2.71 bits per heavy atom. The predicted octanol–water partition coefficient (Wildman–Crippen LogP) is 2.78. The van der Waals surface area contributed by atoms with Crippen LogP contribution in [0.2, 0.25) is 0 Å². The van der Waals surface area contributed by atoms with Crippen molar-refractivity contribution in [2.24, 2.45) is 0 Å². The van der Waals surface area contributed by atoms with Crippen LogP contribution < -0.4 is 5.73 Å². The molecule has 0 atom stereocenters. The van der Waals surface area contributed by atoms with E-state index < -0.39 is 0 Å². The summed E-state index contributed by atoms with van der Waals surface area (Å²) in [6.45, 7) is 5.69. The van der Waals surface area contributed by atoms with Crippen molar-refractivity contribution in [2.75, 3.05) is 18.8 Å². The third-order valence-corrected chi connectivity index (χ3v) is 4.09. The van der Waals surface area contributed by atoms with Crippen molar-refractivity contribution in [3.8, 4) is 0 Å². The monoisotopic (exact) mass is 356 g/mol. The van der Waals surface area contributed by atoms with E-state index in [1.807, 2.05) is 13.8 Å². The number of aryl methyl sites for hydroxylation is 1. The Kier molecular flexibility index (Phi) is 4.82. The number of nitrogen functional groups attached to an aromatic ring is 1. The smallest absolute Gasteiger partial charge is 0.224 e. The Morgan fingerprint density at radius 2 is 2.10 bits per heavy atom. The van der Waals surface area contributed by atoms with E-state index >= 15 is 0 Å². The fraction of sp³-hybridized carbons (Fsp3) is 0.429. The molecule has 2 rings (SSSR count). The number of carbonyl (C=O) groups excluding carboxylic acids is 1. The molecule has 1 aromatic carbocycles. The van der Waals surface area contributed by atoms with E-state index in [-0.39, 0.29) is 17.7 Å². The summed E-state index contributed by atoms with van der Waals surface area (Å²) in [7, 11) is 0. The zero-order chi connectivity index (χ0) is 15.6. The quantitative estimate of drug-likeness (QED) is 0.895. The van der Waals surface area contributed by atoms with Gasteiger partial charge >= 0.3 is 0 Å². The maximum atomic E-state index is 13.5. The van der Waals surface area contributed by atoms with Crippen LogP contribution in [0.4, 0.5) is 10.3 Å². The number of hydrogen-bond donors (Lipinski definition) is 1. The second kappa shape index (κ2) is 6.43. The average Bonchev–Trinajstić information content (AvgIpc) is 2.73. The van der Waals surface area contributed by atoms with Gasteiger partial charge in [-0.05, 0) is 35.8 Å². The number of rotatable bonds is 5. The zero-order valence-electron chi connectivity index (χ0n) is 12.1. The molecule has 1 amide bonds. The standard InChI is InChI=1S/C14H18BrFN4O/c1-3-19(4-2)13(21)5-6-20-12-7-9(15)10(16)8-11(12)18-14(20)17/h7-8H,3-6H2,1-2H3,(H2,17,18). The second-order valence-electron chi connectivity index (χ2n) is 4.69. The lowest BCUT2D eigenvalue weighted by Crippen LogP contribution is -2.31. The molecule has 0 saturated heterocycles. The van der Waals surface area contributed by atoms with Gasteiger partial charge in [-0.3, -0.25) is 4.79 Å². The van der Waals surface area contributed by atoms with E-state index in [0.29, 0.717) is 41.6 Å². The number of amides is 1. The van der Waals surface area contributed by atoms with Gasteiger partial charge in [-0.15, -0.1) is 0 Å². The molecule has 0 aliphatic rings. The van der Waals surface area contributed by atoms with Crippen LogP contribution in [-0.2, 0) is 11.3 Å². The lowest BCUT2D eigenvalue weighted by Gasteiger charge is -2.18.